The van der Waals surface area contributed by atoms with Crippen LogP contribution in [0.2, 0.25) is 5.02 Å². The fourth-order valence-corrected chi connectivity index (χ4v) is 3.74. The summed E-state index contributed by atoms with van der Waals surface area (Å²) in [5.41, 5.74) is 0.768. The van der Waals surface area contributed by atoms with E-state index in [0.29, 0.717) is 5.56 Å². The van der Waals surface area contributed by atoms with E-state index >= 15 is 0 Å². The van der Waals surface area contributed by atoms with E-state index in [0.717, 1.165) is 10.0 Å². The van der Waals surface area contributed by atoms with Crippen LogP contribution < -0.4 is 0 Å². The van der Waals surface area contributed by atoms with Gasteiger partial charge in [-0.05, 0) is 31.2 Å². The van der Waals surface area contributed by atoms with Crippen LogP contribution in [-0.2, 0) is 0 Å². The van der Waals surface area contributed by atoms with Gasteiger partial charge in [0.15, 0.2) is 5.78 Å². The predicted octanol–water partition coefficient (Wildman–Crippen LogP) is 4.26. The van der Waals surface area contributed by atoms with Gasteiger partial charge in [-0.1, -0.05) is 66.2 Å². The van der Waals surface area contributed by atoms with Gasteiger partial charge in [0.1, 0.15) is 6.04 Å². The average Bonchev–Trinajstić information content (AvgIpc) is 3.05. The molecule has 3 aromatic carbocycles. The number of carbonyl (C=O) groups is 4. The third-order valence-corrected chi connectivity index (χ3v) is 5.43. The van der Waals surface area contributed by atoms with Gasteiger partial charge in [0.05, 0.1) is 21.7 Å². The molecule has 0 unspecified atom stereocenters. The normalized spacial score (nSPS) is 13.7. The van der Waals surface area contributed by atoms with Gasteiger partial charge in [-0.15, -0.1) is 0 Å². The summed E-state index contributed by atoms with van der Waals surface area (Å²) >= 11 is 6.21. The molecule has 1 aliphatic heterocycles. The molecule has 0 fully saturated rings. The minimum Gasteiger partial charge on any atom is -0.292 e. The van der Waals surface area contributed by atoms with Crippen molar-refractivity contribution in [2.75, 3.05) is 0 Å². The van der Waals surface area contributed by atoms with Gasteiger partial charge in [-0.3, -0.25) is 19.2 Å². The summed E-state index contributed by atoms with van der Waals surface area (Å²) in [5, 5.41) is 1.79. The van der Waals surface area contributed by atoms with E-state index in [4.69, 9.17) is 11.6 Å². The molecule has 31 heavy (non-hydrogen) atoms. The molecule has 7 heteroatoms. The Morgan fingerprint density at radius 1 is 0.806 bits per heavy atom. The fraction of sp³-hybridized carbons (Fsp3) is 0.0833. The van der Waals surface area contributed by atoms with Crippen LogP contribution in [0.5, 0.6) is 0 Å². The summed E-state index contributed by atoms with van der Waals surface area (Å²) in [5.74, 6) is -2.49. The maximum atomic E-state index is 13.5. The number of ketones is 1. The maximum Gasteiger partial charge on any atom is 0.280 e. The van der Waals surface area contributed by atoms with Crippen LogP contribution in [0.4, 0.5) is 0 Å². The van der Waals surface area contributed by atoms with Crippen molar-refractivity contribution >= 4 is 35.1 Å². The molecule has 0 spiro atoms. The van der Waals surface area contributed by atoms with Crippen LogP contribution in [-0.4, -0.2) is 39.6 Å². The van der Waals surface area contributed by atoms with E-state index in [1.807, 2.05) is 0 Å². The quantitative estimate of drug-likeness (QED) is 0.446. The summed E-state index contributed by atoms with van der Waals surface area (Å²) < 4.78 is 0. The fourth-order valence-electron chi connectivity index (χ4n) is 3.52. The molecule has 1 heterocycles. The van der Waals surface area contributed by atoms with Gasteiger partial charge in [-0.2, -0.15) is 5.01 Å². The van der Waals surface area contributed by atoms with Crippen molar-refractivity contribution in [3.05, 3.63) is 106 Å². The molecule has 3 amide bonds. The highest BCUT2D eigenvalue weighted by molar-refractivity contribution is 6.34. The summed E-state index contributed by atoms with van der Waals surface area (Å²) in [6.07, 6.45) is 0. The molecule has 0 N–H and O–H groups in total. The number of imide groups is 1. The second kappa shape index (κ2) is 8.16. The number of nitrogens with zero attached hydrogens (tertiary/aromatic N) is 2. The van der Waals surface area contributed by atoms with E-state index in [-0.39, 0.29) is 21.7 Å². The Kier molecular flexibility index (Phi) is 5.40. The van der Waals surface area contributed by atoms with Crippen LogP contribution in [0.25, 0.3) is 0 Å². The molecule has 0 saturated heterocycles. The second-order valence-electron chi connectivity index (χ2n) is 7.00. The molecule has 6 nitrogen and oxygen atoms in total. The monoisotopic (exact) mass is 432 g/mol. The Morgan fingerprint density at radius 3 is 1.90 bits per heavy atom. The van der Waals surface area contributed by atoms with E-state index in [2.05, 4.69) is 0 Å². The van der Waals surface area contributed by atoms with Gasteiger partial charge in [-0.25, -0.2) is 5.01 Å². The summed E-state index contributed by atoms with van der Waals surface area (Å²) in [4.78, 5) is 52.9. The molecule has 0 radical (unpaired) electrons. The van der Waals surface area contributed by atoms with Gasteiger partial charge in [0.25, 0.3) is 17.7 Å². The Hall–Kier alpha value is -3.77. The minimum absolute atomic E-state index is 0.0773. The molecule has 4 rings (SSSR count). The van der Waals surface area contributed by atoms with Crippen molar-refractivity contribution in [2.24, 2.45) is 0 Å². The molecule has 154 valence electrons. The summed E-state index contributed by atoms with van der Waals surface area (Å²) in [7, 11) is 0. The first-order valence-electron chi connectivity index (χ1n) is 9.57. The van der Waals surface area contributed by atoms with Crippen molar-refractivity contribution in [1.82, 2.24) is 10.0 Å². The van der Waals surface area contributed by atoms with Crippen LogP contribution in [0.1, 0.15) is 48.4 Å². The van der Waals surface area contributed by atoms with Crippen LogP contribution in [0.3, 0.4) is 0 Å². The van der Waals surface area contributed by atoms with Crippen molar-refractivity contribution in [2.45, 2.75) is 13.0 Å². The number of hydrazine groups is 1. The highest BCUT2D eigenvalue weighted by Crippen LogP contribution is 2.28. The minimum atomic E-state index is -1.15. The topological polar surface area (TPSA) is 74.8 Å². The zero-order valence-corrected chi connectivity index (χ0v) is 17.2. The Balaban J connectivity index is 1.81. The van der Waals surface area contributed by atoms with Crippen molar-refractivity contribution < 1.29 is 19.2 Å². The highest BCUT2D eigenvalue weighted by atomic mass is 35.5. The lowest BCUT2D eigenvalue weighted by Crippen LogP contribution is -2.56. The first kappa shape index (κ1) is 20.5. The summed E-state index contributed by atoms with van der Waals surface area (Å²) in [6.45, 7) is 1.48. The lowest BCUT2D eigenvalue weighted by atomic mass is 10.0. The van der Waals surface area contributed by atoms with E-state index in [1.165, 1.54) is 31.2 Å². The zero-order chi connectivity index (χ0) is 22.1. The SMILES string of the molecule is C[C@@H](C(=O)c1ccccc1)N(C(=O)c1ccccc1Cl)N1C(=O)c2ccccc2C1=O. The predicted molar refractivity (Wildman–Crippen MR) is 115 cm³/mol. The molecular formula is C24H17ClN2O4. The number of rotatable bonds is 5. The first-order chi connectivity index (χ1) is 14.9. The molecule has 0 saturated carbocycles. The Labute approximate surface area is 183 Å². The number of benzene rings is 3. The van der Waals surface area contributed by atoms with Crippen LogP contribution in [0.15, 0.2) is 78.9 Å². The lowest BCUT2D eigenvalue weighted by molar-refractivity contribution is -0.00680. The van der Waals surface area contributed by atoms with E-state index in [9.17, 15) is 19.2 Å². The Morgan fingerprint density at radius 2 is 1.32 bits per heavy atom. The first-order valence-corrected chi connectivity index (χ1v) is 9.94. The summed E-state index contributed by atoms with van der Waals surface area (Å²) in [6, 6.07) is 19.8. The van der Waals surface area contributed by atoms with E-state index < -0.39 is 29.5 Å². The second-order valence-corrected chi connectivity index (χ2v) is 7.41. The van der Waals surface area contributed by atoms with Crippen molar-refractivity contribution in [3.8, 4) is 0 Å². The van der Waals surface area contributed by atoms with Gasteiger partial charge < -0.3 is 0 Å². The number of hydrogen-bond acceptors (Lipinski definition) is 4. The molecular weight excluding hydrogens is 416 g/mol. The molecule has 0 bridgehead atoms. The van der Waals surface area contributed by atoms with Crippen molar-refractivity contribution in [1.29, 1.82) is 0 Å². The third-order valence-electron chi connectivity index (χ3n) is 5.11. The zero-order valence-electron chi connectivity index (χ0n) is 16.5. The van der Waals surface area contributed by atoms with Gasteiger partial charge in [0.2, 0.25) is 0 Å². The largest absolute Gasteiger partial charge is 0.292 e. The molecule has 1 aliphatic rings. The van der Waals surface area contributed by atoms with Gasteiger partial charge >= 0.3 is 0 Å². The Bertz CT molecular complexity index is 1170. The van der Waals surface area contributed by atoms with Crippen LogP contribution >= 0.6 is 11.6 Å². The number of amides is 3. The lowest BCUT2D eigenvalue weighted by Gasteiger charge is -2.34. The standard InChI is InChI=1S/C24H17ClN2O4/c1-15(21(28)16-9-3-2-4-10-16)26(24(31)19-13-7-8-14-20(19)25)27-22(29)17-11-5-6-12-18(17)23(27)30/h2-15H,1H3/t15-/m0/s1. The average molecular weight is 433 g/mol. The maximum absolute atomic E-state index is 13.5. The number of fused-ring (bicyclic) bond motifs is 1. The van der Waals surface area contributed by atoms with E-state index in [1.54, 1.807) is 54.6 Å². The van der Waals surface area contributed by atoms with Gasteiger partial charge in [0, 0.05) is 5.56 Å². The molecule has 0 aliphatic carbocycles. The number of halogens is 1. The number of Topliss-reactive ketones (excluding diaryl/α,β-unsaturated/α-hetero) is 1. The number of hydrogen-bond donors (Lipinski definition) is 0. The highest BCUT2D eigenvalue weighted by Gasteiger charge is 2.45. The van der Waals surface area contributed by atoms with Crippen molar-refractivity contribution in [3.63, 3.8) is 0 Å². The molecule has 3 aromatic rings. The molecule has 1 atom stereocenters. The number of carbonyl (C=O) groups excluding carboxylic acids is 4. The van der Waals surface area contributed by atoms with Crippen LogP contribution in [0, 0.1) is 0 Å². The smallest absolute Gasteiger partial charge is 0.280 e. The third kappa shape index (κ3) is 3.51. The molecule has 0 aromatic heterocycles.